The third kappa shape index (κ3) is 6.43. The second-order valence-electron chi connectivity index (χ2n) is 9.10. The van der Waals surface area contributed by atoms with Gasteiger partial charge in [-0.1, -0.05) is 11.6 Å². The Hall–Kier alpha value is -4.58. The number of halogens is 1. The number of carboxylic acids is 1. The Bertz CT molecular complexity index is 1720. The van der Waals surface area contributed by atoms with E-state index < -0.39 is 27.7 Å². The number of aromatic nitrogens is 1. The van der Waals surface area contributed by atoms with E-state index in [4.69, 9.17) is 11.6 Å². The van der Waals surface area contributed by atoms with Gasteiger partial charge in [-0.25, -0.2) is 17.5 Å². The van der Waals surface area contributed by atoms with Crippen molar-refractivity contribution >= 4 is 56.3 Å². The molecule has 0 aliphatic rings. The van der Waals surface area contributed by atoms with E-state index in [-0.39, 0.29) is 33.0 Å². The number of amides is 1. The van der Waals surface area contributed by atoms with E-state index in [9.17, 15) is 27.9 Å². The van der Waals surface area contributed by atoms with Crippen molar-refractivity contribution < 1.29 is 27.9 Å². The van der Waals surface area contributed by atoms with Crippen LogP contribution in [-0.4, -0.2) is 61.6 Å². The van der Waals surface area contributed by atoms with E-state index in [1.54, 1.807) is 24.3 Å². The Morgan fingerprint density at radius 3 is 2.00 bits per heavy atom. The van der Waals surface area contributed by atoms with E-state index in [1.807, 2.05) is 24.1 Å². The molecule has 0 fully saturated rings. The Balaban J connectivity index is 1.52. The molecule has 0 saturated heterocycles. The molecular formula is C29H25ClN4O6S. The van der Waals surface area contributed by atoms with E-state index in [0.29, 0.717) is 5.02 Å². The summed E-state index contributed by atoms with van der Waals surface area (Å²) in [6.45, 7) is 0. The Labute approximate surface area is 241 Å². The molecule has 0 saturated carbocycles. The number of nitrogens with zero attached hydrogens (tertiary/aromatic N) is 3. The van der Waals surface area contributed by atoms with Gasteiger partial charge < -0.3 is 15.3 Å². The minimum Gasteiger partial charge on any atom is -0.478 e. The number of rotatable bonds is 9. The fourth-order valence-electron chi connectivity index (χ4n) is 3.84. The van der Waals surface area contributed by atoms with Crippen LogP contribution < -0.4 is 10.2 Å². The van der Waals surface area contributed by atoms with E-state index in [1.165, 1.54) is 62.8 Å². The lowest BCUT2D eigenvalue weighted by atomic mass is 10.0. The number of hydrogen-bond acceptors (Lipinski definition) is 7. The number of hydrogen-bond donors (Lipinski definition) is 2. The molecule has 0 aliphatic heterocycles. The van der Waals surface area contributed by atoms with Gasteiger partial charge >= 0.3 is 5.97 Å². The van der Waals surface area contributed by atoms with Crippen molar-refractivity contribution in [2.75, 3.05) is 31.4 Å². The molecular weight excluding hydrogens is 568 g/mol. The third-order valence-corrected chi connectivity index (χ3v) is 8.32. The molecule has 210 valence electrons. The highest BCUT2D eigenvalue weighted by Gasteiger charge is 2.20. The van der Waals surface area contributed by atoms with Crippen LogP contribution in [0.25, 0.3) is 0 Å². The fourth-order valence-corrected chi connectivity index (χ4v) is 4.86. The SMILES string of the molecule is CN(c1ccc(Cl)cc1)c1ccc(C(=O)c2ccc(NC(=O)c3ccc(S(=O)(=O)N(C)C)cc3)c(C(=O)O)c2)nc1. The van der Waals surface area contributed by atoms with Gasteiger partial charge in [0, 0.05) is 43.0 Å². The minimum absolute atomic E-state index is 0.00593. The minimum atomic E-state index is -3.67. The molecule has 1 heterocycles. The molecule has 1 amide bonds. The van der Waals surface area contributed by atoms with Crippen molar-refractivity contribution in [1.82, 2.24) is 9.29 Å². The molecule has 3 aromatic carbocycles. The van der Waals surface area contributed by atoms with Gasteiger partial charge in [0.05, 0.1) is 28.0 Å². The number of anilines is 3. The first-order valence-electron chi connectivity index (χ1n) is 12.1. The molecule has 0 atom stereocenters. The fraction of sp³-hybridized carbons (Fsp3) is 0.103. The summed E-state index contributed by atoms with van der Waals surface area (Å²) in [7, 11) is 0.955. The lowest BCUT2D eigenvalue weighted by Crippen LogP contribution is -2.22. The molecule has 10 nitrogen and oxygen atoms in total. The number of carboxylic acid groups (broad SMARTS) is 1. The molecule has 0 bridgehead atoms. The zero-order chi connectivity index (χ0) is 29.9. The predicted octanol–water partition coefficient (Wildman–Crippen LogP) is 4.93. The zero-order valence-corrected chi connectivity index (χ0v) is 23.8. The van der Waals surface area contributed by atoms with Crippen LogP contribution in [0.1, 0.15) is 36.8 Å². The van der Waals surface area contributed by atoms with Gasteiger partial charge in [0.25, 0.3) is 5.91 Å². The highest BCUT2D eigenvalue weighted by atomic mass is 35.5. The van der Waals surface area contributed by atoms with Crippen molar-refractivity contribution in [3.8, 4) is 0 Å². The maximum Gasteiger partial charge on any atom is 0.337 e. The maximum absolute atomic E-state index is 13.1. The van der Waals surface area contributed by atoms with E-state index >= 15 is 0 Å². The number of aromatic carboxylic acids is 1. The quantitative estimate of drug-likeness (QED) is 0.261. The monoisotopic (exact) mass is 592 g/mol. The number of carbonyl (C=O) groups is 3. The third-order valence-electron chi connectivity index (χ3n) is 6.24. The number of nitrogens with one attached hydrogen (secondary N) is 1. The summed E-state index contributed by atoms with van der Waals surface area (Å²) in [5.74, 6) is -2.50. The number of benzene rings is 3. The summed E-state index contributed by atoms with van der Waals surface area (Å²) in [6, 6.07) is 19.6. The van der Waals surface area contributed by atoms with Gasteiger partial charge in [-0.05, 0) is 78.9 Å². The largest absolute Gasteiger partial charge is 0.478 e. The predicted molar refractivity (Wildman–Crippen MR) is 156 cm³/mol. The summed E-state index contributed by atoms with van der Waals surface area (Å²) in [5.41, 5.74) is 1.57. The average molecular weight is 593 g/mol. The maximum atomic E-state index is 13.1. The van der Waals surface area contributed by atoms with E-state index in [0.717, 1.165) is 15.7 Å². The van der Waals surface area contributed by atoms with Crippen LogP contribution in [0, 0.1) is 0 Å². The number of carbonyl (C=O) groups excluding carboxylic acids is 2. The first-order chi connectivity index (χ1) is 19.4. The highest BCUT2D eigenvalue weighted by Crippen LogP contribution is 2.26. The van der Waals surface area contributed by atoms with Crippen LogP contribution in [-0.2, 0) is 10.0 Å². The van der Waals surface area contributed by atoms with Gasteiger partial charge in [-0.2, -0.15) is 0 Å². The zero-order valence-electron chi connectivity index (χ0n) is 22.2. The van der Waals surface area contributed by atoms with Crippen molar-refractivity contribution in [3.05, 3.63) is 112 Å². The van der Waals surface area contributed by atoms with Crippen molar-refractivity contribution in [3.63, 3.8) is 0 Å². The van der Waals surface area contributed by atoms with Crippen LogP contribution in [0.15, 0.2) is 90.0 Å². The van der Waals surface area contributed by atoms with Crippen molar-refractivity contribution in [2.45, 2.75) is 4.90 Å². The molecule has 12 heteroatoms. The second-order valence-corrected chi connectivity index (χ2v) is 11.7. The Kier molecular flexibility index (Phi) is 8.52. The van der Waals surface area contributed by atoms with Crippen LogP contribution in [0.3, 0.4) is 0 Å². The molecule has 2 N–H and O–H groups in total. The van der Waals surface area contributed by atoms with Gasteiger partial charge in [-0.3, -0.25) is 14.6 Å². The molecule has 1 aromatic heterocycles. The van der Waals surface area contributed by atoms with Crippen LogP contribution in [0.4, 0.5) is 17.1 Å². The van der Waals surface area contributed by atoms with Gasteiger partial charge in [-0.15, -0.1) is 0 Å². The summed E-state index contributed by atoms with van der Waals surface area (Å²) in [5, 5.41) is 12.9. The Morgan fingerprint density at radius 1 is 0.829 bits per heavy atom. The topological polar surface area (TPSA) is 137 Å². The molecule has 4 aromatic rings. The Morgan fingerprint density at radius 2 is 1.44 bits per heavy atom. The highest BCUT2D eigenvalue weighted by molar-refractivity contribution is 7.89. The van der Waals surface area contributed by atoms with Crippen LogP contribution in [0.2, 0.25) is 5.02 Å². The lowest BCUT2D eigenvalue weighted by Gasteiger charge is -2.19. The van der Waals surface area contributed by atoms with Gasteiger partial charge in [0.1, 0.15) is 5.69 Å². The summed E-state index contributed by atoms with van der Waals surface area (Å²) in [6.07, 6.45) is 1.53. The molecule has 0 spiro atoms. The normalized spacial score (nSPS) is 11.2. The van der Waals surface area contributed by atoms with Crippen molar-refractivity contribution in [1.29, 1.82) is 0 Å². The average Bonchev–Trinajstić information content (AvgIpc) is 2.97. The van der Waals surface area contributed by atoms with Crippen molar-refractivity contribution in [2.24, 2.45) is 0 Å². The first-order valence-corrected chi connectivity index (χ1v) is 13.9. The number of ketones is 1. The molecule has 0 radical (unpaired) electrons. The number of pyridine rings is 1. The summed E-state index contributed by atoms with van der Waals surface area (Å²) >= 11 is 5.95. The summed E-state index contributed by atoms with van der Waals surface area (Å²) < 4.78 is 25.6. The molecule has 4 rings (SSSR count). The molecule has 0 aliphatic carbocycles. The van der Waals surface area contributed by atoms with Gasteiger partial charge in [0.2, 0.25) is 15.8 Å². The smallest absolute Gasteiger partial charge is 0.337 e. The number of sulfonamides is 1. The van der Waals surface area contributed by atoms with E-state index in [2.05, 4.69) is 10.3 Å². The first kappa shape index (κ1) is 29.4. The van der Waals surface area contributed by atoms with Crippen LogP contribution >= 0.6 is 11.6 Å². The second kappa shape index (κ2) is 11.9. The van der Waals surface area contributed by atoms with Crippen LogP contribution in [0.5, 0.6) is 0 Å². The standard InChI is InChI=1S/C29H25ClN4O6S/c1-33(2)41(39,40)23-12-4-18(5-13-23)28(36)32-25-14-6-19(16-24(25)29(37)38)27(35)26-15-11-22(17-31-26)34(3)21-9-7-20(30)8-10-21/h4-17H,1-3H3,(H,32,36)(H,37,38). The lowest BCUT2D eigenvalue weighted by molar-refractivity contribution is 0.0698. The van der Waals surface area contributed by atoms with Gasteiger partial charge in [0.15, 0.2) is 0 Å². The molecule has 41 heavy (non-hydrogen) atoms. The molecule has 0 unspecified atom stereocenters. The summed E-state index contributed by atoms with van der Waals surface area (Å²) in [4.78, 5) is 44.0.